The zero-order valence-corrected chi connectivity index (χ0v) is 34.7. The number of aromatic nitrogens is 3. The van der Waals surface area contributed by atoms with Crippen LogP contribution in [0.25, 0.3) is 83.1 Å². The summed E-state index contributed by atoms with van der Waals surface area (Å²) in [6, 6.07) is 68.4. The Kier molecular flexibility index (Phi) is 6.13. The third-order valence-electron chi connectivity index (χ3n) is 15.2. The second-order valence-electron chi connectivity index (χ2n) is 17.9. The summed E-state index contributed by atoms with van der Waals surface area (Å²) in [6.07, 6.45) is 3.93. The van der Waals surface area contributed by atoms with Gasteiger partial charge in [0.25, 0.3) is 0 Å². The van der Waals surface area contributed by atoms with E-state index in [-0.39, 0.29) is 0 Å². The number of pyridine rings is 2. The first-order valence-electron chi connectivity index (χ1n) is 22.3. The van der Waals surface area contributed by atoms with E-state index in [4.69, 9.17) is 19.1 Å². The number of ether oxygens (including phenoxy) is 1. The number of hydrogen-bond acceptors (Lipinski definition) is 4. The Morgan fingerprint density at radius 2 is 1.02 bits per heavy atom. The molecule has 0 bridgehead atoms. The van der Waals surface area contributed by atoms with Crippen LogP contribution in [0.4, 0.5) is 0 Å². The van der Waals surface area contributed by atoms with E-state index in [9.17, 15) is 0 Å². The molecule has 3 aliphatic carbocycles. The minimum Gasteiger partial charge on any atom is -0.457 e. The van der Waals surface area contributed by atoms with Gasteiger partial charge >= 0.3 is 0 Å². The van der Waals surface area contributed by atoms with E-state index >= 15 is 0 Å². The number of benzene rings is 8. The fraction of sp³-hybridized carbons (Fsp3) is 0.0333. The maximum atomic E-state index is 7.23. The second-order valence-corrected chi connectivity index (χ2v) is 17.9. The van der Waals surface area contributed by atoms with Crippen LogP contribution in [0.2, 0.25) is 0 Å². The highest BCUT2D eigenvalue weighted by atomic mass is 16.5. The lowest BCUT2D eigenvalue weighted by Gasteiger charge is -2.40. The smallest absolute Gasteiger partial charge is 0.136 e. The second kappa shape index (κ2) is 11.7. The highest BCUT2D eigenvalue weighted by Gasteiger charge is 2.56. The number of furan rings is 1. The Morgan fingerprint density at radius 1 is 0.385 bits per heavy atom. The minimum absolute atomic E-state index is 0.508. The quantitative estimate of drug-likeness (QED) is 0.165. The van der Waals surface area contributed by atoms with E-state index in [0.29, 0.717) is 0 Å². The van der Waals surface area contributed by atoms with Crippen molar-refractivity contribution in [3.63, 3.8) is 0 Å². The van der Waals surface area contributed by atoms with Gasteiger partial charge in [-0.1, -0.05) is 133 Å². The van der Waals surface area contributed by atoms with Crippen molar-refractivity contribution in [2.24, 2.45) is 0 Å². The maximum absolute atomic E-state index is 7.23. The van der Waals surface area contributed by atoms with Crippen LogP contribution in [-0.4, -0.2) is 14.5 Å². The van der Waals surface area contributed by atoms with E-state index in [1.807, 2.05) is 18.5 Å². The molecular formula is C60H33N3O2. The summed E-state index contributed by atoms with van der Waals surface area (Å²) in [5.74, 6) is 1.67. The molecule has 300 valence electrons. The van der Waals surface area contributed by atoms with Gasteiger partial charge in [-0.3, -0.25) is 9.97 Å². The van der Waals surface area contributed by atoms with Gasteiger partial charge < -0.3 is 13.7 Å². The third kappa shape index (κ3) is 3.87. The Bertz CT molecular complexity index is 4090. The van der Waals surface area contributed by atoms with Gasteiger partial charge in [0.2, 0.25) is 0 Å². The first kappa shape index (κ1) is 34.0. The molecule has 0 fully saturated rings. The van der Waals surface area contributed by atoms with E-state index < -0.39 is 10.8 Å². The summed E-state index contributed by atoms with van der Waals surface area (Å²) in [4.78, 5) is 10.6. The van der Waals surface area contributed by atoms with E-state index in [2.05, 4.69) is 187 Å². The molecule has 1 atom stereocenters. The van der Waals surface area contributed by atoms with Crippen LogP contribution >= 0.6 is 0 Å². The Hall–Kier alpha value is -8.54. The van der Waals surface area contributed by atoms with Crippen molar-refractivity contribution in [3.8, 4) is 50.8 Å². The van der Waals surface area contributed by atoms with Gasteiger partial charge in [-0.25, -0.2) is 0 Å². The van der Waals surface area contributed by atoms with Gasteiger partial charge in [0.15, 0.2) is 0 Å². The molecule has 4 aliphatic rings. The maximum Gasteiger partial charge on any atom is 0.136 e. The van der Waals surface area contributed by atoms with E-state index in [0.717, 1.165) is 83.8 Å². The van der Waals surface area contributed by atoms with Crippen LogP contribution < -0.4 is 4.74 Å². The number of fused-ring (bicyclic) bond motifs is 26. The van der Waals surface area contributed by atoms with Gasteiger partial charge in [0.05, 0.1) is 45.1 Å². The molecule has 4 aromatic heterocycles. The van der Waals surface area contributed by atoms with Crippen molar-refractivity contribution in [1.82, 2.24) is 14.5 Å². The zero-order chi connectivity index (χ0) is 42.2. The molecular weight excluding hydrogens is 795 g/mol. The summed E-state index contributed by atoms with van der Waals surface area (Å²) in [5, 5.41) is 4.57. The molecule has 2 spiro atoms. The third-order valence-corrected chi connectivity index (χ3v) is 15.2. The van der Waals surface area contributed by atoms with Crippen molar-refractivity contribution in [2.75, 3.05) is 0 Å². The topological polar surface area (TPSA) is 53.1 Å². The van der Waals surface area contributed by atoms with Gasteiger partial charge in [-0.2, -0.15) is 0 Å². The van der Waals surface area contributed by atoms with Crippen molar-refractivity contribution in [1.29, 1.82) is 0 Å². The molecule has 65 heavy (non-hydrogen) atoms. The SMILES string of the molecule is c1ccc2c(c1)Oc1cc3c(cc1C21c2cccnc2-c2ncc(-n4c5ccccc5c5c6c(ccc54)oc4ccccc46)cc21)-c1ccccc1C31c2ccccc2-c2ccccc21. The molecule has 16 rings (SSSR count). The van der Waals surface area contributed by atoms with Crippen molar-refractivity contribution in [2.45, 2.75) is 10.8 Å². The zero-order valence-electron chi connectivity index (χ0n) is 34.7. The van der Waals surface area contributed by atoms with Crippen LogP contribution in [0.1, 0.15) is 44.5 Å². The molecule has 5 nitrogen and oxygen atoms in total. The van der Waals surface area contributed by atoms with E-state index in [1.54, 1.807) is 0 Å². The van der Waals surface area contributed by atoms with Crippen LogP contribution in [-0.2, 0) is 10.8 Å². The lowest BCUT2D eigenvalue weighted by Crippen LogP contribution is -2.33. The van der Waals surface area contributed by atoms with Crippen LogP contribution in [0.15, 0.2) is 205 Å². The van der Waals surface area contributed by atoms with Gasteiger partial charge in [0.1, 0.15) is 22.7 Å². The minimum atomic E-state index is -0.801. The van der Waals surface area contributed by atoms with Gasteiger partial charge in [-0.15, -0.1) is 0 Å². The van der Waals surface area contributed by atoms with Crippen LogP contribution in [0, 0.1) is 0 Å². The summed E-state index contributed by atoms with van der Waals surface area (Å²) in [6.45, 7) is 0. The Balaban J connectivity index is 1.02. The largest absolute Gasteiger partial charge is 0.457 e. The standard InChI is InChI=1S/C60H33N3O2/c1-6-19-41-35(14-1)36-15-2-7-20-42(36)59(41)43-21-8-3-16-37(43)40-31-47-54(32-46(40)59)65-52-26-12-9-22-44(52)60(47)45-23-13-29-61-57(45)58-48(60)30-34(33-62-58)63-49-24-10-4-17-38(49)55-50(63)27-28-53-56(55)39-18-5-11-25-51(39)64-53/h1-33H. The average Bonchev–Trinajstić information content (AvgIpc) is 4.14. The van der Waals surface area contributed by atoms with Crippen LogP contribution in [0.5, 0.6) is 11.5 Å². The van der Waals surface area contributed by atoms with E-state index in [1.165, 1.54) is 55.3 Å². The number of para-hydroxylation sites is 3. The molecule has 0 N–H and O–H groups in total. The predicted molar refractivity (Wildman–Crippen MR) is 257 cm³/mol. The summed E-state index contributed by atoms with van der Waals surface area (Å²) < 4.78 is 16.1. The highest BCUT2D eigenvalue weighted by molar-refractivity contribution is 6.27. The van der Waals surface area contributed by atoms with Crippen LogP contribution in [0.3, 0.4) is 0 Å². The lowest BCUT2D eigenvalue weighted by atomic mass is 9.65. The molecule has 5 heteroatoms. The van der Waals surface area contributed by atoms with Crippen molar-refractivity contribution >= 4 is 43.7 Å². The first-order valence-corrected chi connectivity index (χ1v) is 22.3. The molecule has 5 heterocycles. The van der Waals surface area contributed by atoms with Crippen molar-refractivity contribution in [3.05, 3.63) is 245 Å². The summed E-state index contributed by atoms with van der Waals surface area (Å²) >= 11 is 0. The van der Waals surface area contributed by atoms with Gasteiger partial charge in [0, 0.05) is 44.4 Å². The van der Waals surface area contributed by atoms with Crippen molar-refractivity contribution < 1.29 is 9.15 Å². The summed E-state index contributed by atoms with van der Waals surface area (Å²) in [7, 11) is 0. The molecule has 12 aromatic rings. The first-order chi connectivity index (χ1) is 32.2. The Morgan fingerprint density at radius 3 is 1.82 bits per heavy atom. The molecule has 0 amide bonds. The molecule has 0 saturated heterocycles. The molecule has 1 unspecified atom stereocenters. The molecule has 8 aromatic carbocycles. The normalized spacial score (nSPS) is 16.3. The monoisotopic (exact) mass is 827 g/mol. The average molecular weight is 828 g/mol. The fourth-order valence-electron chi connectivity index (χ4n) is 12.9. The number of rotatable bonds is 1. The predicted octanol–water partition coefficient (Wildman–Crippen LogP) is 14.3. The fourth-order valence-corrected chi connectivity index (χ4v) is 12.9. The Labute approximate surface area is 372 Å². The number of hydrogen-bond donors (Lipinski definition) is 0. The molecule has 0 radical (unpaired) electrons. The van der Waals surface area contributed by atoms with Gasteiger partial charge in [-0.05, 0) is 105 Å². The number of nitrogens with zero attached hydrogens (tertiary/aromatic N) is 3. The molecule has 0 saturated carbocycles. The lowest BCUT2D eigenvalue weighted by molar-refractivity contribution is 0.435. The summed E-state index contributed by atoms with van der Waals surface area (Å²) in [5.41, 5.74) is 19.9. The highest BCUT2D eigenvalue weighted by Crippen LogP contribution is 2.67. The molecule has 1 aliphatic heterocycles.